The average molecular weight is 261 g/mol. The van der Waals surface area contributed by atoms with Crippen molar-refractivity contribution in [3.05, 3.63) is 29.3 Å². The third-order valence-electron chi connectivity index (χ3n) is 4.71. The molecule has 1 aromatic carbocycles. The van der Waals surface area contributed by atoms with Gasteiger partial charge in [0.05, 0.1) is 7.11 Å². The summed E-state index contributed by atoms with van der Waals surface area (Å²) in [6, 6.07) is 6.62. The number of hydrogen-bond acceptors (Lipinski definition) is 2. The van der Waals surface area contributed by atoms with Crippen LogP contribution < -0.4 is 10.5 Å². The molecule has 2 heteroatoms. The fraction of sp³-hybridized carbons (Fsp3) is 0.647. The molecular weight excluding hydrogens is 234 g/mol. The molecule has 0 radical (unpaired) electrons. The lowest BCUT2D eigenvalue weighted by Gasteiger charge is -2.28. The fourth-order valence-corrected chi connectivity index (χ4v) is 3.40. The second kappa shape index (κ2) is 5.96. The smallest absolute Gasteiger partial charge is 0.123 e. The standard InChI is InChI=1S/C17H27NO/c1-4-13(5-2)14-8-9-16(19-3)15(12-14)17(18)10-6-7-11-17/h8-9,12-13H,4-7,10-11,18H2,1-3H3. The van der Waals surface area contributed by atoms with Gasteiger partial charge in [0, 0.05) is 11.1 Å². The maximum absolute atomic E-state index is 6.63. The summed E-state index contributed by atoms with van der Waals surface area (Å²) < 4.78 is 5.54. The van der Waals surface area contributed by atoms with Crippen molar-refractivity contribution >= 4 is 0 Å². The summed E-state index contributed by atoms with van der Waals surface area (Å²) >= 11 is 0. The Morgan fingerprint density at radius 2 is 1.84 bits per heavy atom. The number of hydrogen-bond donors (Lipinski definition) is 1. The predicted octanol–water partition coefficient (Wildman–Crippen LogP) is 4.33. The highest BCUT2D eigenvalue weighted by molar-refractivity contribution is 5.43. The first-order valence-corrected chi connectivity index (χ1v) is 7.62. The molecule has 19 heavy (non-hydrogen) atoms. The molecule has 0 aromatic heterocycles. The second-order valence-corrected chi connectivity index (χ2v) is 5.84. The molecule has 0 heterocycles. The van der Waals surface area contributed by atoms with Crippen LogP contribution in [0.4, 0.5) is 0 Å². The first-order chi connectivity index (χ1) is 9.14. The van der Waals surface area contributed by atoms with Crippen molar-refractivity contribution in [1.82, 2.24) is 0 Å². The van der Waals surface area contributed by atoms with E-state index in [1.807, 2.05) is 0 Å². The van der Waals surface area contributed by atoms with E-state index in [0.29, 0.717) is 5.92 Å². The van der Waals surface area contributed by atoms with Crippen molar-refractivity contribution in [1.29, 1.82) is 0 Å². The highest BCUT2D eigenvalue weighted by atomic mass is 16.5. The van der Waals surface area contributed by atoms with E-state index in [2.05, 4.69) is 32.0 Å². The lowest BCUT2D eigenvalue weighted by Crippen LogP contribution is -2.33. The van der Waals surface area contributed by atoms with Gasteiger partial charge in [-0.25, -0.2) is 0 Å². The van der Waals surface area contributed by atoms with Gasteiger partial charge < -0.3 is 10.5 Å². The second-order valence-electron chi connectivity index (χ2n) is 5.84. The van der Waals surface area contributed by atoms with Gasteiger partial charge >= 0.3 is 0 Å². The molecule has 0 saturated heterocycles. The molecular formula is C17H27NO. The van der Waals surface area contributed by atoms with Gasteiger partial charge in [-0.1, -0.05) is 32.8 Å². The largest absolute Gasteiger partial charge is 0.496 e. The molecule has 0 aliphatic heterocycles. The lowest BCUT2D eigenvalue weighted by molar-refractivity contribution is 0.378. The van der Waals surface area contributed by atoms with Crippen LogP contribution in [0.15, 0.2) is 18.2 Å². The zero-order valence-electron chi connectivity index (χ0n) is 12.5. The Kier molecular flexibility index (Phi) is 4.51. The minimum Gasteiger partial charge on any atom is -0.496 e. The van der Waals surface area contributed by atoms with Crippen LogP contribution in [-0.4, -0.2) is 7.11 Å². The zero-order valence-corrected chi connectivity index (χ0v) is 12.5. The van der Waals surface area contributed by atoms with Crippen LogP contribution in [0.2, 0.25) is 0 Å². The summed E-state index contributed by atoms with van der Waals surface area (Å²) in [4.78, 5) is 0. The van der Waals surface area contributed by atoms with Gasteiger partial charge in [-0.2, -0.15) is 0 Å². The molecule has 0 spiro atoms. The predicted molar refractivity (Wildman–Crippen MR) is 80.7 cm³/mol. The normalized spacial score (nSPS) is 17.9. The summed E-state index contributed by atoms with van der Waals surface area (Å²) in [5, 5.41) is 0. The molecule has 0 bridgehead atoms. The van der Waals surface area contributed by atoms with Crippen LogP contribution in [0.5, 0.6) is 5.75 Å². The Hall–Kier alpha value is -1.02. The van der Waals surface area contributed by atoms with E-state index in [9.17, 15) is 0 Å². The monoisotopic (exact) mass is 261 g/mol. The first-order valence-electron chi connectivity index (χ1n) is 7.62. The van der Waals surface area contributed by atoms with E-state index in [0.717, 1.165) is 18.6 Å². The third kappa shape index (κ3) is 2.79. The molecule has 106 valence electrons. The van der Waals surface area contributed by atoms with Gasteiger partial charge in [0.2, 0.25) is 0 Å². The molecule has 0 atom stereocenters. The van der Waals surface area contributed by atoms with Crippen molar-refractivity contribution in [3.63, 3.8) is 0 Å². The molecule has 0 amide bonds. The number of rotatable bonds is 5. The molecule has 2 nitrogen and oxygen atoms in total. The summed E-state index contributed by atoms with van der Waals surface area (Å²) in [5.74, 6) is 1.59. The molecule has 1 aliphatic carbocycles. The molecule has 1 aliphatic rings. The Bertz CT molecular complexity index is 417. The number of ether oxygens (including phenoxy) is 1. The SMILES string of the molecule is CCC(CC)c1ccc(OC)c(C2(N)CCCC2)c1. The molecule has 0 unspecified atom stereocenters. The van der Waals surface area contributed by atoms with Gasteiger partial charge in [-0.3, -0.25) is 0 Å². The van der Waals surface area contributed by atoms with Crippen LogP contribution in [0.3, 0.4) is 0 Å². The molecule has 2 rings (SSSR count). The maximum atomic E-state index is 6.63. The van der Waals surface area contributed by atoms with E-state index < -0.39 is 0 Å². The van der Waals surface area contributed by atoms with Crippen LogP contribution in [0, 0.1) is 0 Å². The van der Waals surface area contributed by atoms with E-state index in [-0.39, 0.29) is 5.54 Å². The molecule has 1 aromatic rings. The Morgan fingerprint density at radius 1 is 1.21 bits per heavy atom. The number of benzene rings is 1. The van der Waals surface area contributed by atoms with E-state index in [4.69, 9.17) is 10.5 Å². The summed E-state index contributed by atoms with van der Waals surface area (Å²) in [6.45, 7) is 4.51. The third-order valence-corrected chi connectivity index (χ3v) is 4.71. The van der Waals surface area contributed by atoms with Gasteiger partial charge in [0.15, 0.2) is 0 Å². The average Bonchev–Trinajstić information content (AvgIpc) is 2.88. The van der Waals surface area contributed by atoms with Crippen LogP contribution in [0.1, 0.15) is 69.4 Å². The number of methoxy groups -OCH3 is 1. The van der Waals surface area contributed by atoms with Crippen molar-refractivity contribution in [2.24, 2.45) is 5.73 Å². The van der Waals surface area contributed by atoms with Crippen molar-refractivity contribution in [2.75, 3.05) is 7.11 Å². The van der Waals surface area contributed by atoms with E-state index in [1.54, 1.807) is 7.11 Å². The number of nitrogens with two attached hydrogens (primary N) is 1. The van der Waals surface area contributed by atoms with Crippen LogP contribution >= 0.6 is 0 Å². The zero-order chi connectivity index (χ0) is 13.9. The minimum atomic E-state index is -0.173. The van der Waals surface area contributed by atoms with E-state index in [1.165, 1.54) is 36.8 Å². The summed E-state index contributed by atoms with van der Waals surface area (Å²) in [7, 11) is 1.74. The lowest BCUT2D eigenvalue weighted by atomic mass is 9.84. The minimum absolute atomic E-state index is 0.173. The highest BCUT2D eigenvalue weighted by Crippen LogP contribution is 2.42. The summed E-state index contributed by atoms with van der Waals surface area (Å²) in [5.41, 5.74) is 9.09. The topological polar surface area (TPSA) is 35.2 Å². The van der Waals surface area contributed by atoms with Crippen molar-refractivity contribution in [3.8, 4) is 5.75 Å². The molecule has 2 N–H and O–H groups in total. The van der Waals surface area contributed by atoms with Gasteiger partial charge in [-0.05, 0) is 49.3 Å². The van der Waals surface area contributed by atoms with Crippen molar-refractivity contribution in [2.45, 2.75) is 63.8 Å². The fourth-order valence-electron chi connectivity index (χ4n) is 3.40. The van der Waals surface area contributed by atoms with Crippen LogP contribution in [-0.2, 0) is 5.54 Å². The van der Waals surface area contributed by atoms with Gasteiger partial charge in [-0.15, -0.1) is 0 Å². The van der Waals surface area contributed by atoms with Crippen molar-refractivity contribution < 1.29 is 4.74 Å². The Morgan fingerprint density at radius 3 is 2.37 bits per heavy atom. The van der Waals surface area contributed by atoms with Crippen LogP contribution in [0.25, 0.3) is 0 Å². The maximum Gasteiger partial charge on any atom is 0.123 e. The van der Waals surface area contributed by atoms with Gasteiger partial charge in [0.1, 0.15) is 5.75 Å². The highest BCUT2D eigenvalue weighted by Gasteiger charge is 2.34. The summed E-state index contributed by atoms with van der Waals surface area (Å²) in [6.07, 6.45) is 6.98. The van der Waals surface area contributed by atoms with E-state index >= 15 is 0 Å². The quantitative estimate of drug-likeness (QED) is 0.856. The Labute approximate surface area is 117 Å². The first kappa shape index (κ1) is 14.4. The Balaban J connectivity index is 2.42. The van der Waals surface area contributed by atoms with Gasteiger partial charge in [0.25, 0.3) is 0 Å². The molecule has 1 fully saturated rings. The molecule has 1 saturated carbocycles.